The lowest BCUT2D eigenvalue weighted by atomic mass is 9.87. The molecule has 0 aromatic carbocycles. The topological polar surface area (TPSA) is 32.3 Å². The van der Waals surface area contributed by atoms with Gasteiger partial charge in [-0.3, -0.25) is 4.79 Å². The van der Waals surface area contributed by atoms with Gasteiger partial charge in [0.1, 0.15) is 0 Å². The standard InChI is InChI=1S/C15H30N2O.H2/c1-5-8-16-14(15(18)12(2)3)11-13-6-9-17(4)10-7-13;/h12-14,16H,5-11H2,1-4H3;1H. The van der Waals surface area contributed by atoms with E-state index in [4.69, 9.17) is 0 Å². The molecule has 0 amide bonds. The molecule has 1 rings (SSSR count). The number of ketones is 1. The highest BCUT2D eigenvalue weighted by Crippen LogP contribution is 2.22. The minimum atomic E-state index is 0. The molecule has 1 aliphatic rings. The number of nitrogens with zero attached hydrogens (tertiary/aromatic N) is 1. The summed E-state index contributed by atoms with van der Waals surface area (Å²) in [5.74, 6) is 1.26. The van der Waals surface area contributed by atoms with Crippen molar-refractivity contribution >= 4 is 5.78 Å². The highest BCUT2D eigenvalue weighted by molar-refractivity contribution is 5.85. The van der Waals surface area contributed by atoms with Crippen LogP contribution in [0.5, 0.6) is 0 Å². The van der Waals surface area contributed by atoms with E-state index in [9.17, 15) is 4.79 Å². The Balaban J connectivity index is 0.00000324. The zero-order chi connectivity index (χ0) is 13.5. The number of piperidine rings is 1. The maximum atomic E-state index is 12.2. The van der Waals surface area contributed by atoms with Crippen LogP contribution in [0.15, 0.2) is 0 Å². The monoisotopic (exact) mass is 256 g/mol. The van der Waals surface area contributed by atoms with E-state index in [-0.39, 0.29) is 13.4 Å². The Kier molecular flexibility index (Phi) is 6.87. The van der Waals surface area contributed by atoms with Crippen LogP contribution in [-0.4, -0.2) is 43.4 Å². The largest absolute Gasteiger partial charge is 0.307 e. The van der Waals surface area contributed by atoms with Crippen LogP contribution in [-0.2, 0) is 4.79 Å². The first-order valence-corrected chi connectivity index (χ1v) is 7.50. The smallest absolute Gasteiger partial charge is 0.152 e. The molecule has 0 bridgehead atoms. The minimum Gasteiger partial charge on any atom is -0.307 e. The van der Waals surface area contributed by atoms with Gasteiger partial charge in [-0.05, 0) is 58.3 Å². The van der Waals surface area contributed by atoms with Crippen LogP contribution in [0.2, 0.25) is 0 Å². The molecule has 0 spiro atoms. The number of likely N-dealkylation sites (tertiary alicyclic amines) is 1. The zero-order valence-electron chi connectivity index (χ0n) is 12.5. The van der Waals surface area contributed by atoms with Crippen molar-refractivity contribution in [1.29, 1.82) is 0 Å². The second-order valence-electron chi connectivity index (χ2n) is 6.05. The molecule has 0 aromatic rings. The molecular weight excluding hydrogens is 224 g/mol. The van der Waals surface area contributed by atoms with Gasteiger partial charge in [-0.1, -0.05) is 20.8 Å². The van der Waals surface area contributed by atoms with E-state index in [0.717, 1.165) is 25.3 Å². The highest BCUT2D eigenvalue weighted by atomic mass is 16.1. The van der Waals surface area contributed by atoms with Gasteiger partial charge in [0, 0.05) is 7.34 Å². The highest BCUT2D eigenvalue weighted by Gasteiger charge is 2.26. The van der Waals surface area contributed by atoms with Crippen LogP contribution in [0.4, 0.5) is 0 Å². The second kappa shape index (κ2) is 7.90. The summed E-state index contributed by atoms with van der Waals surface area (Å²) in [6.07, 6.45) is 4.61. The predicted molar refractivity (Wildman–Crippen MR) is 78.9 cm³/mol. The molecule has 18 heavy (non-hydrogen) atoms. The second-order valence-corrected chi connectivity index (χ2v) is 6.05. The van der Waals surface area contributed by atoms with E-state index in [2.05, 4.69) is 24.2 Å². The number of Topliss-reactive ketones (excluding diaryl/α,β-unsaturated/α-hetero) is 1. The fraction of sp³-hybridized carbons (Fsp3) is 0.933. The molecule has 108 valence electrons. The van der Waals surface area contributed by atoms with E-state index in [1.165, 1.54) is 25.9 Å². The molecule has 1 unspecified atom stereocenters. The molecule has 1 fully saturated rings. The summed E-state index contributed by atoms with van der Waals surface area (Å²) in [5.41, 5.74) is 0. The Hall–Kier alpha value is -0.410. The maximum Gasteiger partial charge on any atom is 0.152 e. The summed E-state index contributed by atoms with van der Waals surface area (Å²) in [7, 11) is 2.18. The van der Waals surface area contributed by atoms with Crippen LogP contribution in [0.3, 0.4) is 0 Å². The van der Waals surface area contributed by atoms with E-state index < -0.39 is 0 Å². The molecule has 1 N–H and O–H groups in total. The van der Waals surface area contributed by atoms with Gasteiger partial charge in [0.25, 0.3) is 0 Å². The number of hydrogen-bond acceptors (Lipinski definition) is 3. The first kappa shape index (κ1) is 15.6. The van der Waals surface area contributed by atoms with Gasteiger partial charge in [-0.15, -0.1) is 0 Å². The first-order chi connectivity index (χ1) is 8.54. The van der Waals surface area contributed by atoms with Gasteiger partial charge < -0.3 is 10.2 Å². The van der Waals surface area contributed by atoms with Crippen molar-refractivity contribution in [3.63, 3.8) is 0 Å². The lowest BCUT2D eigenvalue weighted by Gasteiger charge is -2.31. The van der Waals surface area contributed by atoms with Gasteiger partial charge in [0.2, 0.25) is 0 Å². The van der Waals surface area contributed by atoms with Crippen molar-refractivity contribution < 1.29 is 6.22 Å². The van der Waals surface area contributed by atoms with Gasteiger partial charge in [-0.25, -0.2) is 0 Å². The third kappa shape index (κ3) is 5.07. The summed E-state index contributed by atoms with van der Waals surface area (Å²) >= 11 is 0. The van der Waals surface area contributed by atoms with Crippen molar-refractivity contribution in [2.24, 2.45) is 11.8 Å². The number of carbonyl (C=O) groups excluding carboxylic acids is 1. The van der Waals surface area contributed by atoms with Crippen molar-refractivity contribution in [3.8, 4) is 0 Å². The van der Waals surface area contributed by atoms with E-state index in [1.807, 2.05) is 13.8 Å². The van der Waals surface area contributed by atoms with Gasteiger partial charge in [-0.2, -0.15) is 0 Å². The first-order valence-electron chi connectivity index (χ1n) is 7.50. The SMILES string of the molecule is CCCNC(CC1CCN(C)CC1)C(=O)C(C)C.[HH]. The van der Waals surface area contributed by atoms with Crippen LogP contribution in [0, 0.1) is 11.8 Å². The summed E-state index contributed by atoms with van der Waals surface area (Å²) in [6.45, 7) is 9.49. The predicted octanol–water partition coefficient (Wildman–Crippen LogP) is 2.56. The summed E-state index contributed by atoms with van der Waals surface area (Å²) in [4.78, 5) is 14.6. The molecule has 1 heterocycles. The fourth-order valence-electron chi connectivity index (χ4n) is 2.65. The Labute approximate surface area is 114 Å². The molecule has 0 aromatic heterocycles. The molecule has 3 nitrogen and oxygen atoms in total. The lowest BCUT2D eigenvalue weighted by molar-refractivity contribution is -0.124. The average molecular weight is 256 g/mol. The quantitative estimate of drug-likeness (QED) is 0.760. The lowest BCUT2D eigenvalue weighted by Crippen LogP contribution is -2.42. The van der Waals surface area contributed by atoms with E-state index in [0.29, 0.717) is 5.78 Å². The molecule has 0 saturated carbocycles. The van der Waals surface area contributed by atoms with Crippen LogP contribution in [0.25, 0.3) is 0 Å². The summed E-state index contributed by atoms with van der Waals surface area (Å²) < 4.78 is 0. The van der Waals surface area contributed by atoms with E-state index in [1.54, 1.807) is 0 Å². The number of rotatable bonds is 7. The van der Waals surface area contributed by atoms with Crippen molar-refractivity contribution in [2.75, 3.05) is 26.7 Å². The van der Waals surface area contributed by atoms with Gasteiger partial charge in [0.15, 0.2) is 5.78 Å². The van der Waals surface area contributed by atoms with E-state index >= 15 is 0 Å². The summed E-state index contributed by atoms with van der Waals surface area (Å²) in [5, 5.41) is 3.45. The number of nitrogens with one attached hydrogen (secondary N) is 1. The third-order valence-electron chi connectivity index (χ3n) is 3.96. The number of carbonyl (C=O) groups is 1. The molecule has 0 radical (unpaired) electrons. The summed E-state index contributed by atoms with van der Waals surface area (Å²) in [6, 6.07) is 0.0818. The molecule has 0 aliphatic carbocycles. The molecule has 1 saturated heterocycles. The van der Waals surface area contributed by atoms with Crippen LogP contribution in [0.1, 0.15) is 47.9 Å². The van der Waals surface area contributed by atoms with Crippen molar-refractivity contribution in [1.82, 2.24) is 10.2 Å². The normalized spacial score (nSPS) is 20.3. The number of hydrogen-bond donors (Lipinski definition) is 1. The van der Waals surface area contributed by atoms with Gasteiger partial charge in [0.05, 0.1) is 6.04 Å². The zero-order valence-corrected chi connectivity index (χ0v) is 12.5. The fourth-order valence-corrected chi connectivity index (χ4v) is 2.65. The molecule has 1 aliphatic heterocycles. The molecule has 3 heteroatoms. The molecule has 1 atom stereocenters. The van der Waals surface area contributed by atoms with Crippen LogP contribution < -0.4 is 5.32 Å². The average Bonchev–Trinajstić information content (AvgIpc) is 2.35. The van der Waals surface area contributed by atoms with Crippen molar-refractivity contribution in [3.05, 3.63) is 0 Å². The van der Waals surface area contributed by atoms with Gasteiger partial charge >= 0.3 is 0 Å². The molecular formula is C15H32N2O. The Morgan fingerprint density at radius 1 is 1.39 bits per heavy atom. The van der Waals surface area contributed by atoms with Crippen LogP contribution >= 0.6 is 0 Å². The Morgan fingerprint density at radius 3 is 2.50 bits per heavy atom. The Bertz CT molecular complexity index is 251. The van der Waals surface area contributed by atoms with Crippen molar-refractivity contribution in [2.45, 2.75) is 52.5 Å². The third-order valence-corrected chi connectivity index (χ3v) is 3.96. The Morgan fingerprint density at radius 2 is 2.00 bits per heavy atom. The maximum absolute atomic E-state index is 12.2. The minimum absolute atomic E-state index is 0.